The normalized spacial score (nSPS) is 14.2. The van der Waals surface area contributed by atoms with Crippen LogP contribution in [0.2, 0.25) is 0 Å². The highest BCUT2D eigenvalue weighted by Crippen LogP contribution is 2.17. The van der Waals surface area contributed by atoms with Crippen LogP contribution in [0.15, 0.2) is 0 Å². The van der Waals surface area contributed by atoms with Crippen molar-refractivity contribution < 1.29 is 19.8 Å². The van der Waals surface area contributed by atoms with Gasteiger partial charge in [0, 0.05) is 0 Å². The summed E-state index contributed by atoms with van der Waals surface area (Å²) < 4.78 is 0. The van der Waals surface area contributed by atoms with Crippen molar-refractivity contribution in [2.75, 3.05) is 0 Å². The van der Waals surface area contributed by atoms with Crippen molar-refractivity contribution in [3.63, 3.8) is 0 Å². The second-order valence-electron chi connectivity index (χ2n) is 4.52. The van der Waals surface area contributed by atoms with E-state index in [9.17, 15) is 9.59 Å². The molecule has 2 N–H and O–H groups in total. The van der Waals surface area contributed by atoms with Gasteiger partial charge in [-0.2, -0.15) is 0 Å². The molecular weight excluding hydrogens is 220 g/mol. The monoisotopic (exact) mass is 244 g/mol. The number of hydrogen-bond donors (Lipinski definition) is 2. The Hall–Kier alpha value is -1.06. The van der Waals surface area contributed by atoms with E-state index in [4.69, 9.17) is 10.2 Å². The molecule has 0 amide bonds. The third kappa shape index (κ3) is 6.97. The van der Waals surface area contributed by atoms with E-state index in [1.807, 2.05) is 13.8 Å². The van der Waals surface area contributed by atoms with Gasteiger partial charge in [-0.05, 0) is 25.7 Å². The fraction of sp³-hybridized carbons (Fsp3) is 0.846. The highest BCUT2D eigenvalue weighted by atomic mass is 16.4. The van der Waals surface area contributed by atoms with Crippen LogP contribution in [0, 0.1) is 11.8 Å². The summed E-state index contributed by atoms with van der Waals surface area (Å²) in [5, 5.41) is 17.7. The number of unbranched alkanes of at least 4 members (excludes halogenated alkanes) is 2. The molecule has 17 heavy (non-hydrogen) atoms. The highest BCUT2D eigenvalue weighted by molar-refractivity contribution is 5.70. The van der Waals surface area contributed by atoms with Gasteiger partial charge in [0.25, 0.3) is 0 Å². The third-order valence-corrected chi connectivity index (χ3v) is 3.29. The van der Waals surface area contributed by atoms with Crippen LogP contribution in [0.5, 0.6) is 0 Å². The van der Waals surface area contributed by atoms with Crippen LogP contribution in [0.1, 0.15) is 58.8 Å². The molecular formula is C13H24O4. The van der Waals surface area contributed by atoms with E-state index >= 15 is 0 Å². The Morgan fingerprint density at radius 3 is 1.41 bits per heavy atom. The van der Waals surface area contributed by atoms with E-state index in [0.29, 0.717) is 25.7 Å². The van der Waals surface area contributed by atoms with Crippen molar-refractivity contribution in [3.05, 3.63) is 0 Å². The van der Waals surface area contributed by atoms with Crippen molar-refractivity contribution in [1.29, 1.82) is 0 Å². The second kappa shape index (κ2) is 9.02. The average molecular weight is 244 g/mol. The van der Waals surface area contributed by atoms with Crippen LogP contribution >= 0.6 is 0 Å². The molecule has 4 heteroatoms. The number of hydrogen-bond acceptors (Lipinski definition) is 2. The Bertz CT molecular complexity index is 214. The summed E-state index contributed by atoms with van der Waals surface area (Å²) in [5.74, 6) is -1.91. The van der Waals surface area contributed by atoms with Crippen LogP contribution in [0.3, 0.4) is 0 Å². The van der Waals surface area contributed by atoms with Crippen LogP contribution < -0.4 is 0 Å². The first-order valence-electron chi connectivity index (χ1n) is 6.48. The number of carboxylic acid groups (broad SMARTS) is 2. The molecule has 0 saturated heterocycles. The van der Waals surface area contributed by atoms with Gasteiger partial charge in [-0.3, -0.25) is 9.59 Å². The lowest BCUT2D eigenvalue weighted by Gasteiger charge is -2.11. The molecule has 0 aromatic rings. The van der Waals surface area contributed by atoms with Gasteiger partial charge >= 0.3 is 11.9 Å². The summed E-state index contributed by atoms with van der Waals surface area (Å²) >= 11 is 0. The Balaban J connectivity index is 3.64. The third-order valence-electron chi connectivity index (χ3n) is 3.29. The van der Waals surface area contributed by atoms with Gasteiger partial charge in [-0.15, -0.1) is 0 Å². The van der Waals surface area contributed by atoms with Crippen molar-refractivity contribution in [2.24, 2.45) is 11.8 Å². The molecule has 0 aliphatic heterocycles. The number of carbonyl (C=O) groups is 2. The predicted octanol–water partition coefficient (Wildman–Crippen LogP) is 3.16. The standard InChI is InChI=1S/C13H24O4/c1-3-10(12(14)15)8-6-5-7-9-11(4-2)13(16)17/h10-11H,3-9H2,1-2H3,(H,14,15)(H,16,17). The summed E-state index contributed by atoms with van der Waals surface area (Å²) in [4.78, 5) is 21.5. The first kappa shape index (κ1) is 15.9. The van der Waals surface area contributed by atoms with E-state index in [-0.39, 0.29) is 11.8 Å². The summed E-state index contributed by atoms with van der Waals surface area (Å²) in [6.45, 7) is 3.77. The van der Waals surface area contributed by atoms with Crippen molar-refractivity contribution in [1.82, 2.24) is 0 Å². The molecule has 0 aliphatic rings. The van der Waals surface area contributed by atoms with Crippen LogP contribution in [-0.2, 0) is 9.59 Å². The summed E-state index contributed by atoms with van der Waals surface area (Å²) in [6, 6.07) is 0. The zero-order valence-corrected chi connectivity index (χ0v) is 10.8. The van der Waals surface area contributed by atoms with Crippen LogP contribution in [-0.4, -0.2) is 22.2 Å². The molecule has 0 heterocycles. The summed E-state index contributed by atoms with van der Waals surface area (Å²) in [7, 11) is 0. The molecule has 0 bridgehead atoms. The Kier molecular flexibility index (Phi) is 8.46. The largest absolute Gasteiger partial charge is 0.481 e. The molecule has 0 aromatic carbocycles. The summed E-state index contributed by atoms with van der Waals surface area (Å²) in [6.07, 6.45) is 5.42. The highest BCUT2D eigenvalue weighted by Gasteiger charge is 2.16. The van der Waals surface area contributed by atoms with E-state index in [0.717, 1.165) is 19.3 Å². The van der Waals surface area contributed by atoms with Crippen LogP contribution in [0.4, 0.5) is 0 Å². The molecule has 0 spiro atoms. The lowest BCUT2D eigenvalue weighted by Crippen LogP contribution is -2.13. The molecule has 100 valence electrons. The van der Waals surface area contributed by atoms with Gasteiger partial charge in [0.2, 0.25) is 0 Å². The van der Waals surface area contributed by atoms with E-state index in [1.165, 1.54) is 0 Å². The zero-order chi connectivity index (χ0) is 13.3. The topological polar surface area (TPSA) is 74.6 Å². The molecule has 2 unspecified atom stereocenters. The molecule has 0 aromatic heterocycles. The van der Waals surface area contributed by atoms with E-state index in [1.54, 1.807) is 0 Å². The van der Waals surface area contributed by atoms with Gasteiger partial charge in [-0.1, -0.05) is 33.1 Å². The molecule has 0 aliphatic carbocycles. The van der Waals surface area contributed by atoms with Crippen molar-refractivity contribution >= 4 is 11.9 Å². The first-order chi connectivity index (χ1) is 8.02. The maximum atomic E-state index is 10.8. The summed E-state index contributed by atoms with van der Waals surface area (Å²) in [5.41, 5.74) is 0. The molecule has 4 nitrogen and oxygen atoms in total. The minimum absolute atomic E-state index is 0.239. The fourth-order valence-electron chi connectivity index (χ4n) is 1.96. The Morgan fingerprint density at radius 2 is 1.18 bits per heavy atom. The van der Waals surface area contributed by atoms with E-state index in [2.05, 4.69) is 0 Å². The lowest BCUT2D eigenvalue weighted by atomic mass is 9.95. The molecule has 2 atom stereocenters. The second-order valence-corrected chi connectivity index (χ2v) is 4.52. The minimum atomic E-state index is -0.718. The maximum absolute atomic E-state index is 10.8. The van der Waals surface area contributed by atoms with Gasteiger partial charge in [0.1, 0.15) is 0 Å². The SMILES string of the molecule is CCC(CCCCCC(CC)C(=O)O)C(=O)O. The van der Waals surface area contributed by atoms with Crippen LogP contribution in [0.25, 0.3) is 0 Å². The number of rotatable bonds is 10. The van der Waals surface area contributed by atoms with Gasteiger partial charge in [0.15, 0.2) is 0 Å². The quantitative estimate of drug-likeness (QED) is 0.579. The van der Waals surface area contributed by atoms with Gasteiger partial charge in [-0.25, -0.2) is 0 Å². The molecule has 0 rings (SSSR count). The Morgan fingerprint density at radius 1 is 0.824 bits per heavy atom. The smallest absolute Gasteiger partial charge is 0.306 e. The zero-order valence-electron chi connectivity index (χ0n) is 10.8. The van der Waals surface area contributed by atoms with Gasteiger partial charge in [0.05, 0.1) is 11.8 Å². The van der Waals surface area contributed by atoms with Crippen molar-refractivity contribution in [3.8, 4) is 0 Å². The molecule has 0 saturated carbocycles. The Labute approximate surface area is 103 Å². The number of carboxylic acids is 2. The fourth-order valence-corrected chi connectivity index (χ4v) is 1.96. The molecule has 0 radical (unpaired) electrons. The molecule has 0 fully saturated rings. The maximum Gasteiger partial charge on any atom is 0.306 e. The van der Waals surface area contributed by atoms with E-state index < -0.39 is 11.9 Å². The van der Waals surface area contributed by atoms with Crippen molar-refractivity contribution in [2.45, 2.75) is 58.8 Å². The average Bonchev–Trinajstić information content (AvgIpc) is 2.27. The minimum Gasteiger partial charge on any atom is -0.481 e. The van der Waals surface area contributed by atoms with Gasteiger partial charge < -0.3 is 10.2 Å². The predicted molar refractivity (Wildman–Crippen MR) is 65.9 cm³/mol. The first-order valence-corrected chi connectivity index (χ1v) is 6.48. The number of aliphatic carboxylic acids is 2. The lowest BCUT2D eigenvalue weighted by molar-refractivity contribution is -0.142.